The van der Waals surface area contributed by atoms with Crippen LogP contribution in [0.3, 0.4) is 0 Å². The second kappa shape index (κ2) is 9.61. The summed E-state index contributed by atoms with van der Waals surface area (Å²) in [6, 6.07) is 14.2. The Kier molecular flexibility index (Phi) is 6.23. The Morgan fingerprint density at radius 1 is 1.09 bits per heavy atom. The molecule has 11 nitrogen and oxygen atoms in total. The lowest BCUT2D eigenvalue weighted by molar-refractivity contribution is -0.0767. The van der Waals surface area contributed by atoms with Crippen LogP contribution in [0.2, 0.25) is 0 Å². The van der Waals surface area contributed by atoms with E-state index < -0.39 is 24.5 Å². The number of anilines is 1. The van der Waals surface area contributed by atoms with Gasteiger partial charge in [0.15, 0.2) is 23.2 Å². The van der Waals surface area contributed by atoms with Crippen LogP contribution in [0.15, 0.2) is 67.4 Å². The Bertz CT molecular complexity index is 1270. The first-order valence-electron chi connectivity index (χ1n) is 10.7. The summed E-state index contributed by atoms with van der Waals surface area (Å²) in [7, 11) is 0. The Balaban J connectivity index is 1.43. The fraction of sp³-hybridized carbons (Fsp3) is 0.261. The molecule has 1 unspecified atom stereocenters. The highest BCUT2D eigenvalue weighted by Gasteiger charge is 2.46. The number of benzene rings is 1. The van der Waals surface area contributed by atoms with Gasteiger partial charge in [0.05, 0.1) is 25.2 Å². The maximum absolute atomic E-state index is 12.6. The maximum Gasteiger partial charge on any atom is 0.256 e. The number of amides is 1. The number of nitrogens with one attached hydrogen (secondary N) is 1. The van der Waals surface area contributed by atoms with Crippen molar-refractivity contribution in [3.05, 3.63) is 78.6 Å². The molecule has 11 heteroatoms. The minimum atomic E-state index is -1.09. The normalized spacial score (nSPS) is 22.2. The quantitative estimate of drug-likeness (QED) is 0.370. The first kappa shape index (κ1) is 22.0. The molecule has 0 bridgehead atoms. The van der Waals surface area contributed by atoms with Crippen molar-refractivity contribution in [2.24, 2.45) is 0 Å². The van der Waals surface area contributed by atoms with Gasteiger partial charge >= 0.3 is 0 Å². The zero-order valence-electron chi connectivity index (χ0n) is 17.9. The SMILES string of the molecule is O=C(Nc1ncnc2c1ncn2[C@@H]1O[C@H](CO)C(O)[C@@H]1OCc1ccccn1)c1ccccc1. The smallest absolute Gasteiger partial charge is 0.256 e. The third-order valence-electron chi connectivity index (χ3n) is 5.54. The maximum atomic E-state index is 12.6. The number of carbonyl (C=O) groups excluding carboxylic acids is 1. The summed E-state index contributed by atoms with van der Waals surface area (Å²) in [5.74, 6) is -0.0968. The van der Waals surface area contributed by atoms with Crippen molar-refractivity contribution in [1.82, 2.24) is 24.5 Å². The predicted octanol–water partition coefficient (Wildman–Crippen LogP) is 1.31. The van der Waals surface area contributed by atoms with Gasteiger partial charge in [0.1, 0.15) is 24.6 Å². The molecule has 1 aromatic carbocycles. The van der Waals surface area contributed by atoms with Gasteiger partial charge in [-0.05, 0) is 24.3 Å². The molecule has 4 atom stereocenters. The average Bonchev–Trinajstić information content (AvgIpc) is 3.45. The summed E-state index contributed by atoms with van der Waals surface area (Å²) in [5.41, 5.74) is 1.88. The highest BCUT2D eigenvalue weighted by atomic mass is 16.6. The molecule has 5 rings (SSSR count). The molecule has 1 aliphatic rings. The van der Waals surface area contributed by atoms with E-state index in [-0.39, 0.29) is 24.9 Å². The summed E-state index contributed by atoms with van der Waals surface area (Å²) in [6.07, 6.45) is 0.846. The number of aliphatic hydroxyl groups excluding tert-OH is 2. The van der Waals surface area contributed by atoms with Gasteiger partial charge in [-0.15, -0.1) is 0 Å². The number of nitrogens with zero attached hydrogens (tertiary/aromatic N) is 5. The predicted molar refractivity (Wildman–Crippen MR) is 120 cm³/mol. The van der Waals surface area contributed by atoms with E-state index in [1.165, 1.54) is 12.7 Å². The van der Waals surface area contributed by atoms with Crippen LogP contribution in [-0.4, -0.2) is 65.5 Å². The molecule has 0 saturated carbocycles. The third kappa shape index (κ3) is 4.24. The van der Waals surface area contributed by atoms with E-state index in [2.05, 4.69) is 25.3 Å². The van der Waals surface area contributed by atoms with Gasteiger partial charge in [0.25, 0.3) is 5.91 Å². The van der Waals surface area contributed by atoms with Gasteiger partial charge in [0, 0.05) is 11.8 Å². The molecule has 4 aromatic rings. The van der Waals surface area contributed by atoms with E-state index in [1.54, 1.807) is 41.1 Å². The van der Waals surface area contributed by atoms with E-state index in [9.17, 15) is 15.0 Å². The molecule has 0 aliphatic carbocycles. The number of imidazole rings is 1. The van der Waals surface area contributed by atoms with E-state index in [1.807, 2.05) is 18.2 Å². The van der Waals surface area contributed by atoms with Crippen molar-refractivity contribution in [2.45, 2.75) is 31.1 Å². The van der Waals surface area contributed by atoms with E-state index in [4.69, 9.17) is 9.47 Å². The number of pyridine rings is 1. The minimum Gasteiger partial charge on any atom is -0.394 e. The summed E-state index contributed by atoms with van der Waals surface area (Å²) >= 11 is 0. The van der Waals surface area contributed by atoms with E-state index in [0.717, 1.165) is 0 Å². The zero-order valence-corrected chi connectivity index (χ0v) is 17.9. The molecule has 0 radical (unpaired) electrons. The standard InChI is InChI=1S/C23H22N6O5/c30-10-16-18(31)19(33-11-15-8-4-5-9-24-15)23(34-16)29-13-27-17-20(25-12-26-21(17)29)28-22(32)14-6-2-1-3-7-14/h1-9,12-13,16,18-19,23,30-31H,10-11H2,(H,25,26,28,32)/t16-,18?,19+,23-/m1/s1. The largest absolute Gasteiger partial charge is 0.394 e. The van der Waals surface area contributed by atoms with Crippen molar-refractivity contribution < 1.29 is 24.5 Å². The molecule has 1 aliphatic heterocycles. The van der Waals surface area contributed by atoms with Gasteiger partial charge in [-0.1, -0.05) is 24.3 Å². The van der Waals surface area contributed by atoms with E-state index in [0.29, 0.717) is 22.4 Å². The van der Waals surface area contributed by atoms with Gasteiger partial charge in [-0.25, -0.2) is 15.0 Å². The number of rotatable bonds is 7. The summed E-state index contributed by atoms with van der Waals surface area (Å²) in [6.45, 7) is -0.248. The number of fused-ring (bicyclic) bond motifs is 1. The Morgan fingerprint density at radius 3 is 2.68 bits per heavy atom. The molecule has 1 amide bonds. The van der Waals surface area contributed by atoms with Crippen LogP contribution in [0.4, 0.5) is 5.82 Å². The summed E-state index contributed by atoms with van der Waals surface area (Å²) in [4.78, 5) is 29.7. The molecule has 34 heavy (non-hydrogen) atoms. The Labute approximate surface area is 194 Å². The lowest BCUT2D eigenvalue weighted by Crippen LogP contribution is -2.35. The fourth-order valence-corrected chi connectivity index (χ4v) is 3.84. The number of hydrogen-bond acceptors (Lipinski definition) is 9. The van der Waals surface area contributed by atoms with Crippen molar-refractivity contribution in [3.8, 4) is 0 Å². The van der Waals surface area contributed by atoms with Crippen LogP contribution < -0.4 is 5.32 Å². The van der Waals surface area contributed by atoms with Crippen LogP contribution in [0.25, 0.3) is 11.2 Å². The van der Waals surface area contributed by atoms with Crippen LogP contribution in [0, 0.1) is 0 Å². The molecule has 0 spiro atoms. The highest BCUT2D eigenvalue weighted by Crippen LogP contribution is 2.34. The first-order valence-corrected chi connectivity index (χ1v) is 10.7. The lowest BCUT2D eigenvalue weighted by Gasteiger charge is -2.22. The average molecular weight is 462 g/mol. The topological polar surface area (TPSA) is 145 Å². The Morgan fingerprint density at radius 2 is 1.91 bits per heavy atom. The minimum absolute atomic E-state index is 0.139. The summed E-state index contributed by atoms with van der Waals surface area (Å²) < 4.78 is 13.5. The van der Waals surface area contributed by atoms with Crippen molar-refractivity contribution in [1.29, 1.82) is 0 Å². The van der Waals surface area contributed by atoms with Gasteiger partial charge in [0.2, 0.25) is 0 Å². The van der Waals surface area contributed by atoms with Gasteiger partial charge in [-0.3, -0.25) is 14.3 Å². The van der Waals surface area contributed by atoms with Crippen LogP contribution in [0.5, 0.6) is 0 Å². The van der Waals surface area contributed by atoms with Gasteiger partial charge < -0.3 is 25.0 Å². The molecule has 4 heterocycles. The number of aromatic nitrogens is 5. The number of aliphatic hydroxyl groups is 2. The monoisotopic (exact) mass is 462 g/mol. The van der Waals surface area contributed by atoms with Crippen molar-refractivity contribution in [3.63, 3.8) is 0 Å². The molecular formula is C23H22N6O5. The third-order valence-corrected chi connectivity index (χ3v) is 5.54. The molecule has 3 N–H and O–H groups in total. The molecule has 1 saturated heterocycles. The second-order valence-electron chi connectivity index (χ2n) is 7.70. The van der Waals surface area contributed by atoms with Crippen molar-refractivity contribution >= 4 is 22.9 Å². The van der Waals surface area contributed by atoms with E-state index >= 15 is 0 Å². The van der Waals surface area contributed by atoms with Crippen LogP contribution >= 0.6 is 0 Å². The van der Waals surface area contributed by atoms with Crippen molar-refractivity contribution in [2.75, 3.05) is 11.9 Å². The summed E-state index contributed by atoms with van der Waals surface area (Å²) in [5, 5.41) is 23.1. The molecule has 174 valence electrons. The number of hydrogen-bond donors (Lipinski definition) is 3. The Hall–Kier alpha value is -3.77. The highest BCUT2D eigenvalue weighted by molar-refractivity contribution is 6.06. The van der Waals surface area contributed by atoms with Crippen LogP contribution in [0.1, 0.15) is 22.3 Å². The molecular weight excluding hydrogens is 440 g/mol. The fourth-order valence-electron chi connectivity index (χ4n) is 3.84. The zero-order chi connectivity index (χ0) is 23.5. The first-order chi connectivity index (χ1) is 16.7. The van der Waals surface area contributed by atoms with Crippen LogP contribution in [-0.2, 0) is 16.1 Å². The number of carbonyl (C=O) groups is 1. The number of ether oxygens (including phenoxy) is 2. The second-order valence-corrected chi connectivity index (χ2v) is 7.70. The molecule has 1 fully saturated rings. The van der Waals surface area contributed by atoms with Gasteiger partial charge in [-0.2, -0.15) is 0 Å². The molecule has 3 aromatic heterocycles. The lowest BCUT2D eigenvalue weighted by atomic mass is 10.1.